The van der Waals surface area contributed by atoms with Crippen molar-refractivity contribution in [1.82, 2.24) is 0 Å². The molecule has 43 valence electrons. The molecule has 0 saturated heterocycles. The van der Waals surface area contributed by atoms with Gasteiger partial charge in [0.1, 0.15) is 10.1 Å². The molecule has 8 heavy (non-hydrogen) atoms. The molecule has 0 unspecified atom stereocenters. The molecule has 0 fully saturated rings. The van der Waals surface area contributed by atoms with Crippen molar-refractivity contribution in [3.8, 4) is 5.75 Å². The van der Waals surface area contributed by atoms with Crippen LogP contribution in [0.25, 0.3) is 0 Å². The molecule has 0 aliphatic heterocycles. The first-order valence-corrected chi connectivity index (χ1v) is 3.23. The highest BCUT2D eigenvalue weighted by Gasteiger charge is 1.97. The van der Waals surface area contributed by atoms with Gasteiger partial charge in [0, 0.05) is 11.4 Å². The van der Waals surface area contributed by atoms with E-state index in [2.05, 4.69) is 5.38 Å². The maximum absolute atomic E-state index is 5.60. The van der Waals surface area contributed by atoms with E-state index in [4.69, 9.17) is 16.3 Å². The number of ether oxygens (including phenoxy) is 1. The smallest absolute Gasteiger partial charge is 0.149 e. The van der Waals surface area contributed by atoms with E-state index >= 15 is 0 Å². The average molecular weight is 148 g/mol. The minimum Gasteiger partial charge on any atom is -0.494 e. The number of halogens is 1. The molecular weight excluding hydrogens is 144 g/mol. The summed E-state index contributed by atoms with van der Waals surface area (Å²) < 4.78 is 5.49. The third kappa shape index (κ3) is 0.956. The fourth-order valence-electron chi connectivity index (χ4n) is 0.381. The van der Waals surface area contributed by atoms with Crippen molar-refractivity contribution in [2.24, 2.45) is 0 Å². The zero-order valence-corrected chi connectivity index (χ0v) is 5.84. The zero-order chi connectivity index (χ0) is 5.98. The molecule has 1 nitrogen and oxygen atoms in total. The molecule has 1 aromatic rings. The Hall–Kier alpha value is -0.210. The van der Waals surface area contributed by atoms with Gasteiger partial charge in [-0.15, -0.1) is 11.3 Å². The van der Waals surface area contributed by atoms with Gasteiger partial charge in [0.15, 0.2) is 0 Å². The van der Waals surface area contributed by atoms with Crippen molar-refractivity contribution in [2.45, 2.75) is 0 Å². The van der Waals surface area contributed by atoms with Gasteiger partial charge < -0.3 is 4.74 Å². The first-order chi connectivity index (χ1) is 3.84. The molecule has 0 spiro atoms. The van der Waals surface area contributed by atoms with E-state index < -0.39 is 0 Å². The van der Waals surface area contributed by atoms with Crippen molar-refractivity contribution in [1.29, 1.82) is 0 Å². The lowest BCUT2D eigenvalue weighted by atomic mass is 10.6. The number of thiophene rings is 1. The summed E-state index contributed by atoms with van der Waals surface area (Å²) in [5, 5.41) is 2.83. The molecule has 0 N–H and O–H groups in total. The summed E-state index contributed by atoms with van der Waals surface area (Å²) in [5.41, 5.74) is 0. The summed E-state index contributed by atoms with van der Waals surface area (Å²) in [6.45, 7) is 0. The van der Waals surface area contributed by atoms with Gasteiger partial charge in [-0.3, -0.25) is 0 Å². The van der Waals surface area contributed by atoms with E-state index in [9.17, 15) is 0 Å². The number of methoxy groups -OCH3 is 1. The highest BCUT2D eigenvalue weighted by Crippen LogP contribution is 2.28. The maximum atomic E-state index is 5.60. The number of hydrogen-bond acceptors (Lipinski definition) is 2. The molecule has 1 heterocycles. The quantitative estimate of drug-likeness (QED) is 0.592. The summed E-state index contributed by atoms with van der Waals surface area (Å²) in [6.07, 6.45) is 0. The van der Waals surface area contributed by atoms with Crippen LogP contribution in [0.1, 0.15) is 0 Å². The Labute approximate surface area is 56.9 Å². The van der Waals surface area contributed by atoms with E-state index in [1.165, 1.54) is 11.3 Å². The van der Waals surface area contributed by atoms with Crippen molar-refractivity contribution >= 4 is 22.9 Å². The molecule has 0 saturated carbocycles. The highest BCUT2D eigenvalue weighted by molar-refractivity contribution is 7.14. The van der Waals surface area contributed by atoms with Crippen LogP contribution in [0.4, 0.5) is 0 Å². The van der Waals surface area contributed by atoms with Crippen molar-refractivity contribution in [2.75, 3.05) is 7.11 Å². The lowest BCUT2D eigenvalue weighted by Crippen LogP contribution is -1.76. The van der Waals surface area contributed by atoms with Crippen LogP contribution >= 0.6 is 22.9 Å². The molecule has 0 amide bonds. The molecule has 1 aromatic heterocycles. The fraction of sp³-hybridized carbons (Fsp3) is 0.200. The Balaban J connectivity index is 2.92. The standard InChI is InChI=1S/C5H4ClOS/c1-7-4-2-3-8-5(4)6/h2H,1H3. The van der Waals surface area contributed by atoms with Crippen molar-refractivity contribution in [3.05, 3.63) is 15.8 Å². The Bertz CT molecular complexity index is 173. The average Bonchev–Trinajstić information content (AvgIpc) is 2.14. The lowest BCUT2D eigenvalue weighted by Gasteiger charge is -1.90. The third-order valence-electron chi connectivity index (χ3n) is 0.752. The number of rotatable bonds is 1. The normalized spacial score (nSPS) is 9.25. The van der Waals surface area contributed by atoms with Gasteiger partial charge in [0.05, 0.1) is 7.11 Å². The summed E-state index contributed by atoms with van der Waals surface area (Å²) in [7, 11) is 1.59. The second kappa shape index (κ2) is 2.37. The molecule has 0 aromatic carbocycles. The van der Waals surface area contributed by atoms with Gasteiger partial charge in [-0.25, -0.2) is 0 Å². The third-order valence-corrected chi connectivity index (χ3v) is 1.79. The molecular formula is C5H4ClOS. The lowest BCUT2D eigenvalue weighted by molar-refractivity contribution is 0.417. The van der Waals surface area contributed by atoms with Crippen LogP contribution in [-0.4, -0.2) is 7.11 Å². The SMILES string of the molecule is COc1c[c]sc1Cl. The second-order valence-corrected chi connectivity index (χ2v) is 2.66. The van der Waals surface area contributed by atoms with Gasteiger partial charge in [0.25, 0.3) is 0 Å². The van der Waals surface area contributed by atoms with Gasteiger partial charge in [-0.05, 0) is 0 Å². The highest BCUT2D eigenvalue weighted by atomic mass is 35.5. The van der Waals surface area contributed by atoms with E-state index in [-0.39, 0.29) is 0 Å². The topological polar surface area (TPSA) is 9.23 Å². The molecule has 3 heteroatoms. The zero-order valence-electron chi connectivity index (χ0n) is 4.27. The van der Waals surface area contributed by atoms with E-state index in [0.29, 0.717) is 10.1 Å². The minimum absolute atomic E-state index is 0.660. The summed E-state index contributed by atoms with van der Waals surface area (Å²) >= 11 is 6.95. The Morgan fingerprint density at radius 3 is 2.88 bits per heavy atom. The Morgan fingerprint density at radius 2 is 2.62 bits per heavy atom. The Morgan fingerprint density at radius 1 is 1.88 bits per heavy atom. The molecule has 1 rings (SSSR count). The van der Waals surface area contributed by atoms with Gasteiger partial charge >= 0.3 is 0 Å². The maximum Gasteiger partial charge on any atom is 0.149 e. The molecule has 0 aliphatic rings. The van der Waals surface area contributed by atoms with Crippen molar-refractivity contribution < 1.29 is 4.74 Å². The van der Waals surface area contributed by atoms with Gasteiger partial charge in [-0.2, -0.15) is 0 Å². The first kappa shape index (κ1) is 5.92. The Kier molecular flexibility index (Phi) is 1.76. The van der Waals surface area contributed by atoms with Crippen LogP contribution in [0, 0.1) is 5.38 Å². The van der Waals surface area contributed by atoms with Crippen LogP contribution in [0.3, 0.4) is 0 Å². The molecule has 0 aliphatic carbocycles. The van der Waals surface area contributed by atoms with E-state index in [1.54, 1.807) is 13.2 Å². The van der Waals surface area contributed by atoms with Crippen LogP contribution < -0.4 is 4.74 Å². The summed E-state index contributed by atoms with van der Waals surface area (Å²) in [6, 6.07) is 1.72. The van der Waals surface area contributed by atoms with Crippen LogP contribution in [0.2, 0.25) is 4.34 Å². The molecule has 1 radical (unpaired) electrons. The van der Waals surface area contributed by atoms with Crippen LogP contribution in [0.5, 0.6) is 5.75 Å². The largest absolute Gasteiger partial charge is 0.494 e. The van der Waals surface area contributed by atoms with Crippen LogP contribution in [-0.2, 0) is 0 Å². The summed E-state index contributed by atoms with van der Waals surface area (Å²) in [5.74, 6) is 0.705. The molecule has 0 atom stereocenters. The monoisotopic (exact) mass is 147 g/mol. The predicted octanol–water partition coefficient (Wildman–Crippen LogP) is 2.21. The van der Waals surface area contributed by atoms with E-state index in [1.807, 2.05) is 0 Å². The van der Waals surface area contributed by atoms with E-state index in [0.717, 1.165) is 0 Å². The van der Waals surface area contributed by atoms with Gasteiger partial charge in [-0.1, -0.05) is 11.6 Å². The fourth-order valence-corrected chi connectivity index (χ4v) is 1.16. The van der Waals surface area contributed by atoms with Crippen molar-refractivity contribution in [3.63, 3.8) is 0 Å². The first-order valence-electron chi connectivity index (χ1n) is 2.04. The second-order valence-electron chi connectivity index (χ2n) is 1.21. The predicted molar refractivity (Wildman–Crippen MR) is 34.7 cm³/mol. The minimum atomic E-state index is 0.660. The summed E-state index contributed by atoms with van der Waals surface area (Å²) in [4.78, 5) is 0. The van der Waals surface area contributed by atoms with Crippen LogP contribution in [0.15, 0.2) is 6.07 Å². The number of hydrogen-bond donors (Lipinski definition) is 0. The van der Waals surface area contributed by atoms with Gasteiger partial charge in [0.2, 0.25) is 0 Å². The molecule has 0 bridgehead atoms.